The van der Waals surface area contributed by atoms with Crippen LogP contribution in [0.4, 0.5) is 11.4 Å². The summed E-state index contributed by atoms with van der Waals surface area (Å²) in [5.74, 6) is 0. The van der Waals surface area contributed by atoms with E-state index in [4.69, 9.17) is 0 Å². The van der Waals surface area contributed by atoms with Gasteiger partial charge in [0, 0.05) is 0 Å². The summed E-state index contributed by atoms with van der Waals surface area (Å²) in [6.45, 7) is 4.13. The van der Waals surface area contributed by atoms with Crippen molar-refractivity contribution in [2.45, 2.75) is 26.7 Å². The second-order valence-corrected chi connectivity index (χ2v) is 4.75. The molecule has 0 saturated carbocycles. The highest BCUT2D eigenvalue weighted by atomic mass is 16.1. The van der Waals surface area contributed by atoms with Gasteiger partial charge in [0.2, 0.25) is 12.2 Å². The molecule has 110 valence electrons. The highest BCUT2D eigenvalue weighted by Gasteiger charge is 2.12. The van der Waals surface area contributed by atoms with Crippen LogP contribution in [0.15, 0.2) is 46.4 Å². The molecule has 0 atom stereocenters. The van der Waals surface area contributed by atoms with Crippen LogP contribution < -0.4 is 0 Å². The third kappa shape index (κ3) is 3.09. The summed E-state index contributed by atoms with van der Waals surface area (Å²) in [5.41, 5.74) is 5.64. The van der Waals surface area contributed by atoms with Crippen LogP contribution in [-0.4, -0.2) is 12.2 Å². The first kappa shape index (κ1) is 15.6. The second kappa shape index (κ2) is 7.28. The third-order valence-electron chi connectivity index (χ3n) is 3.63. The monoisotopic (exact) mass is 292 g/mol. The van der Waals surface area contributed by atoms with E-state index in [2.05, 4.69) is 16.9 Å². The molecule has 0 aromatic heterocycles. The normalized spacial score (nSPS) is 9.73. The quantitative estimate of drug-likeness (QED) is 0.605. The van der Waals surface area contributed by atoms with E-state index in [0.29, 0.717) is 11.4 Å². The SMILES string of the molecule is CCc1c(N=C=O)ccc(-c2ccc(N=C=O)cc2)c1CC. The van der Waals surface area contributed by atoms with Gasteiger partial charge in [-0.25, -0.2) is 9.59 Å². The van der Waals surface area contributed by atoms with E-state index >= 15 is 0 Å². The van der Waals surface area contributed by atoms with E-state index in [1.165, 1.54) is 11.6 Å². The number of rotatable bonds is 5. The molecule has 0 heterocycles. The summed E-state index contributed by atoms with van der Waals surface area (Å²) in [6, 6.07) is 11.2. The second-order valence-electron chi connectivity index (χ2n) is 4.75. The lowest BCUT2D eigenvalue weighted by atomic mass is 9.91. The van der Waals surface area contributed by atoms with Crippen molar-refractivity contribution in [3.8, 4) is 11.1 Å². The molecule has 0 spiro atoms. The minimum atomic E-state index is 0.578. The summed E-state index contributed by atoms with van der Waals surface area (Å²) < 4.78 is 0. The van der Waals surface area contributed by atoms with E-state index in [9.17, 15) is 9.59 Å². The number of aliphatic imine (C=N–C) groups is 2. The van der Waals surface area contributed by atoms with Crippen LogP contribution in [-0.2, 0) is 22.4 Å². The van der Waals surface area contributed by atoms with Gasteiger partial charge in [-0.15, -0.1) is 0 Å². The topological polar surface area (TPSA) is 58.9 Å². The number of benzene rings is 2. The van der Waals surface area contributed by atoms with Gasteiger partial charge in [-0.1, -0.05) is 32.0 Å². The summed E-state index contributed by atoms with van der Waals surface area (Å²) >= 11 is 0. The minimum Gasteiger partial charge on any atom is -0.211 e. The molecule has 0 unspecified atom stereocenters. The van der Waals surface area contributed by atoms with Crippen LogP contribution in [0.25, 0.3) is 11.1 Å². The minimum absolute atomic E-state index is 0.578. The Bertz CT molecular complexity index is 766. The molecular weight excluding hydrogens is 276 g/mol. The van der Waals surface area contributed by atoms with Crippen molar-refractivity contribution in [2.75, 3.05) is 0 Å². The summed E-state index contributed by atoms with van der Waals surface area (Å²) in [5, 5.41) is 0. The average molecular weight is 292 g/mol. The van der Waals surface area contributed by atoms with Crippen LogP contribution in [0.3, 0.4) is 0 Å². The average Bonchev–Trinajstić information content (AvgIpc) is 2.55. The van der Waals surface area contributed by atoms with Gasteiger partial charge >= 0.3 is 0 Å². The molecule has 22 heavy (non-hydrogen) atoms. The lowest BCUT2D eigenvalue weighted by Gasteiger charge is -2.15. The molecule has 0 aliphatic rings. The van der Waals surface area contributed by atoms with Gasteiger partial charge in [0.25, 0.3) is 0 Å². The zero-order chi connectivity index (χ0) is 15.9. The van der Waals surface area contributed by atoms with Crippen LogP contribution in [0, 0.1) is 0 Å². The predicted molar refractivity (Wildman–Crippen MR) is 86.2 cm³/mol. The van der Waals surface area contributed by atoms with Crippen molar-refractivity contribution in [2.24, 2.45) is 9.98 Å². The van der Waals surface area contributed by atoms with Crippen molar-refractivity contribution >= 4 is 23.5 Å². The first-order valence-electron chi connectivity index (χ1n) is 7.16. The number of hydrogen-bond acceptors (Lipinski definition) is 4. The molecule has 0 aliphatic heterocycles. The summed E-state index contributed by atoms with van der Waals surface area (Å²) in [4.78, 5) is 28.2. The molecule has 4 heteroatoms. The Kier molecular flexibility index (Phi) is 5.16. The van der Waals surface area contributed by atoms with Gasteiger partial charge in [-0.3, -0.25) is 0 Å². The molecule has 2 rings (SSSR count). The van der Waals surface area contributed by atoms with Crippen molar-refractivity contribution in [3.05, 3.63) is 47.5 Å². The summed E-state index contributed by atoms with van der Waals surface area (Å²) in [7, 11) is 0. The fourth-order valence-electron chi connectivity index (χ4n) is 2.67. The van der Waals surface area contributed by atoms with Crippen molar-refractivity contribution in [1.82, 2.24) is 0 Å². The Balaban J connectivity index is 2.59. The van der Waals surface area contributed by atoms with E-state index in [0.717, 1.165) is 29.5 Å². The van der Waals surface area contributed by atoms with Crippen molar-refractivity contribution < 1.29 is 9.59 Å². The van der Waals surface area contributed by atoms with Crippen LogP contribution in [0.2, 0.25) is 0 Å². The van der Waals surface area contributed by atoms with E-state index in [-0.39, 0.29) is 0 Å². The Morgan fingerprint density at radius 2 is 1.45 bits per heavy atom. The fourth-order valence-corrected chi connectivity index (χ4v) is 2.67. The van der Waals surface area contributed by atoms with Crippen LogP contribution in [0.5, 0.6) is 0 Å². The van der Waals surface area contributed by atoms with Gasteiger partial charge in [-0.05, 0) is 53.3 Å². The Labute approximate surface area is 129 Å². The fraction of sp³-hybridized carbons (Fsp3) is 0.222. The van der Waals surface area contributed by atoms with Crippen LogP contribution >= 0.6 is 0 Å². The molecule has 0 amide bonds. The molecule has 2 aromatic carbocycles. The zero-order valence-corrected chi connectivity index (χ0v) is 12.6. The molecular formula is C18H16N2O2. The van der Waals surface area contributed by atoms with Crippen molar-refractivity contribution in [3.63, 3.8) is 0 Å². The van der Waals surface area contributed by atoms with Crippen LogP contribution in [0.1, 0.15) is 25.0 Å². The first-order chi connectivity index (χ1) is 10.7. The largest absolute Gasteiger partial charge is 0.240 e. The lowest BCUT2D eigenvalue weighted by Crippen LogP contribution is -1.96. The van der Waals surface area contributed by atoms with E-state index in [1.807, 2.05) is 31.2 Å². The van der Waals surface area contributed by atoms with Gasteiger partial charge in [0.1, 0.15) is 0 Å². The molecule has 0 radical (unpaired) electrons. The Morgan fingerprint density at radius 3 is 2.00 bits per heavy atom. The lowest BCUT2D eigenvalue weighted by molar-refractivity contribution is 0.564. The molecule has 4 nitrogen and oxygen atoms in total. The smallest absolute Gasteiger partial charge is 0.211 e. The summed E-state index contributed by atoms with van der Waals surface area (Å²) in [6.07, 6.45) is 4.79. The van der Waals surface area contributed by atoms with E-state index < -0.39 is 0 Å². The number of isocyanates is 2. The predicted octanol–water partition coefficient (Wildman–Crippen LogP) is 4.41. The third-order valence-corrected chi connectivity index (χ3v) is 3.63. The highest BCUT2D eigenvalue weighted by Crippen LogP contribution is 2.33. The molecule has 0 bridgehead atoms. The van der Waals surface area contributed by atoms with Gasteiger partial charge in [0.05, 0.1) is 11.4 Å². The van der Waals surface area contributed by atoms with E-state index in [1.54, 1.807) is 18.2 Å². The molecule has 0 aliphatic carbocycles. The van der Waals surface area contributed by atoms with Gasteiger partial charge in [-0.2, -0.15) is 9.98 Å². The molecule has 0 fully saturated rings. The maximum absolute atomic E-state index is 10.6. The number of carbonyl (C=O) groups excluding carboxylic acids is 2. The maximum atomic E-state index is 10.6. The molecule has 0 saturated heterocycles. The Morgan fingerprint density at radius 1 is 0.818 bits per heavy atom. The first-order valence-corrected chi connectivity index (χ1v) is 7.16. The van der Waals surface area contributed by atoms with Gasteiger partial charge in [0.15, 0.2) is 0 Å². The molecule has 2 aromatic rings. The molecule has 0 N–H and O–H groups in total. The standard InChI is InChI=1S/C18H16N2O2/c1-3-15-16(4-2)18(20-12-22)10-9-17(15)13-5-7-14(8-6-13)19-11-21/h5-10H,3-4H2,1-2H3. The van der Waals surface area contributed by atoms with Crippen molar-refractivity contribution in [1.29, 1.82) is 0 Å². The number of nitrogens with zero attached hydrogens (tertiary/aromatic N) is 2. The number of hydrogen-bond donors (Lipinski definition) is 0. The zero-order valence-electron chi connectivity index (χ0n) is 12.6. The highest BCUT2D eigenvalue weighted by molar-refractivity contribution is 5.74. The van der Waals surface area contributed by atoms with Gasteiger partial charge < -0.3 is 0 Å². The maximum Gasteiger partial charge on any atom is 0.240 e. The Hall–Kier alpha value is -2.80.